The largest absolute Gasteiger partial charge is 0.368 e. The molecule has 88 valence electrons. The number of carbonyl (C=O) groups is 1. The number of nitrogens with zero attached hydrogens (tertiary/aromatic N) is 2. The minimum Gasteiger partial charge on any atom is -0.368 e. The first kappa shape index (κ1) is 11.2. The number of nitrogens with two attached hydrogens (primary N) is 1. The van der Waals surface area contributed by atoms with Crippen molar-refractivity contribution in [3.63, 3.8) is 0 Å². The molecular formula is C12H13N3O2. The quantitative estimate of drug-likeness (QED) is 0.869. The predicted molar refractivity (Wildman–Crippen MR) is 63.2 cm³/mol. The lowest BCUT2D eigenvalue weighted by Gasteiger charge is -2.15. The van der Waals surface area contributed by atoms with Crippen molar-refractivity contribution >= 4 is 11.8 Å². The van der Waals surface area contributed by atoms with E-state index < -0.39 is 0 Å². The maximum Gasteiger partial charge on any atom is 0.276 e. The summed E-state index contributed by atoms with van der Waals surface area (Å²) in [7, 11) is 1.71. The van der Waals surface area contributed by atoms with Crippen LogP contribution in [0.15, 0.2) is 40.9 Å². The smallest absolute Gasteiger partial charge is 0.276 e. The molecule has 1 aromatic carbocycles. The Balaban J connectivity index is 2.06. The third-order valence-corrected chi connectivity index (χ3v) is 2.36. The number of rotatable bonds is 3. The molecule has 0 aliphatic heterocycles. The van der Waals surface area contributed by atoms with E-state index in [1.807, 2.05) is 30.3 Å². The molecule has 5 heteroatoms. The highest BCUT2D eigenvalue weighted by Crippen LogP contribution is 2.09. The lowest BCUT2D eigenvalue weighted by molar-refractivity contribution is 0.0775. The Morgan fingerprint density at radius 3 is 2.71 bits per heavy atom. The molecule has 0 aliphatic carbocycles. The minimum absolute atomic E-state index is 0.140. The van der Waals surface area contributed by atoms with Crippen LogP contribution < -0.4 is 5.73 Å². The van der Waals surface area contributed by atoms with E-state index in [4.69, 9.17) is 5.73 Å². The van der Waals surface area contributed by atoms with E-state index in [1.54, 1.807) is 11.9 Å². The number of hydrogen-bond donors (Lipinski definition) is 1. The zero-order valence-electron chi connectivity index (χ0n) is 9.46. The topological polar surface area (TPSA) is 72.4 Å². The molecule has 0 bridgehead atoms. The van der Waals surface area contributed by atoms with Crippen molar-refractivity contribution in [2.75, 3.05) is 12.8 Å². The maximum atomic E-state index is 11.9. The molecule has 0 unspecified atom stereocenters. The Labute approximate surface area is 98.8 Å². The second-order valence-electron chi connectivity index (χ2n) is 3.76. The first-order chi connectivity index (χ1) is 8.16. The molecule has 1 aromatic heterocycles. The summed E-state index contributed by atoms with van der Waals surface area (Å²) >= 11 is 0. The fourth-order valence-corrected chi connectivity index (χ4v) is 1.51. The summed E-state index contributed by atoms with van der Waals surface area (Å²) in [6, 6.07) is 11.1. The van der Waals surface area contributed by atoms with E-state index >= 15 is 0 Å². The number of benzene rings is 1. The zero-order valence-corrected chi connectivity index (χ0v) is 9.46. The Hall–Kier alpha value is -2.30. The van der Waals surface area contributed by atoms with E-state index in [2.05, 4.69) is 9.68 Å². The Kier molecular flexibility index (Phi) is 3.09. The van der Waals surface area contributed by atoms with Crippen molar-refractivity contribution < 1.29 is 9.32 Å². The SMILES string of the molecule is CN(Cc1ccccc1)C(=O)c1cc(N)on1. The summed E-state index contributed by atoms with van der Waals surface area (Å²) in [6.45, 7) is 0.520. The second-order valence-corrected chi connectivity index (χ2v) is 3.76. The Morgan fingerprint density at radius 2 is 2.12 bits per heavy atom. The van der Waals surface area contributed by atoms with Crippen molar-refractivity contribution in [1.29, 1.82) is 0 Å². The molecule has 17 heavy (non-hydrogen) atoms. The van der Waals surface area contributed by atoms with Crippen LogP contribution in [0.5, 0.6) is 0 Å². The van der Waals surface area contributed by atoms with Crippen LogP contribution in [0.25, 0.3) is 0 Å². The molecule has 0 radical (unpaired) electrons. The van der Waals surface area contributed by atoms with Crippen molar-refractivity contribution in [1.82, 2.24) is 10.1 Å². The standard InChI is InChI=1S/C12H13N3O2/c1-15(8-9-5-3-2-4-6-9)12(16)10-7-11(13)17-14-10/h2-7H,8,13H2,1H3. The van der Waals surface area contributed by atoms with Crippen molar-refractivity contribution in [2.45, 2.75) is 6.54 Å². The first-order valence-electron chi connectivity index (χ1n) is 5.18. The minimum atomic E-state index is -0.214. The Morgan fingerprint density at radius 1 is 1.41 bits per heavy atom. The van der Waals surface area contributed by atoms with E-state index in [9.17, 15) is 4.79 Å². The van der Waals surface area contributed by atoms with Gasteiger partial charge in [-0.1, -0.05) is 35.5 Å². The summed E-state index contributed by atoms with van der Waals surface area (Å²) in [5, 5.41) is 3.59. The van der Waals surface area contributed by atoms with Gasteiger partial charge in [0.15, 0.2) is 5.69 Å². The van der Waals surface area contributed by atoms with E-state index in [1.165, 1.54) is 6.07 Å². The normalized spacial score (nSPS) is 10.2. The van der Waals surface area contributed by atoms with Gasteiger partial charge in [-0.25, -0.2) is 0 Å². The number of amides is 1. The van der Waals surface area contributed by atoms with Gasteiger partial charge in [-0.05, 0) is 5.56 Å². The molecule has 0 saturated heterocycles. The number of nitrogen functional groups attached to an aromatic ring is 1. The predicted octanol–water partition coefficient (Wildman–Crippen LogP) is 1.53. The van der Waals surface area contributed by atoms with Gasteiger partial charge in [0.1, 0.15) is 0 Å². The van der Waals surface area contributed by atoms with Crippen LogP contribution in [0.1, 0.15) is 16.1 Å². The number of hydrogen-bond acceptors (Lipinski definition) is 4. The summed E-state index contributed by atoms with van der Waals surface area (Å²) in [5.41, 5.74) is 6.65. The number of anilines is 1. The molecular weight excluding hydrogens is 218 g/mol. The van der Waals surface area contributed by atoms with Gasteiger partial charge in [-0.3, -0.25) is 4.79 Å². The summed E-state index contributed by atoms with van der Waals surface area (Å²) < 4.78 is 4.67. The van der Waals surface area contributed by atoms with Gasteiger partial charge < -0.3 is 15.2 Å². The molecule has 0 fully saturated rings. The molecule has 2 N–H and O–H groups in total. The van der Waals surface area contributed by atoms with Crippen LogP contribution in [0.2, 0.25) is 0 Å². The molecule has 0 spiro atoms. The van der Waals surface area contributed by atoms with Gasteiger partial charge >= 0.3 is 0 Å². The molecule has 0 saturated carbocycles. The van der Waals surface area contributed by atoms with Gasteiger partial charge in [0.25, 0.3) is 5.91 Å². The third kappa shape index (κ3) is 2.63. The summed E-state index contributed by atoms with van der Waals surface area (Å²) in [6.07, 6.45) is 0. The summed E-state index contributed by atoms with van der Waals surface area (Å²) in [5.74, 6) is -0.0734. The average molecular weight is 231 g/mol. The lowest BCUT2D eigenvalue weighted by atomic mass is 10.2. The average Bonchev–Trinajstić information content (AvgIpc) is 2.76. The van der Waals surface area contributed by atoms with E-state index in [-0.39, 0.29) is 17.5 Å². The van der Waals surface area contributed by atoms with Crippen LogP contribution in [-0.2, 0) is 6.54 Å². The Bertz CT molecular complexity index is 507. The molecule has 1 amide bonds. The van der Waals surface area contributed by atoms with Gasteiger partial charge in [0, 0.05) is 19.7 Å². The van der Waals surface area contributed by atoms with Crippen LogP contribution >= 0.6 is 0 Å². The maximum absolute atomic E-state index is 11.9. The van der Waals surface area contributed by atoms with Gasteiger partial charge in [-0.2, -0.15) is 0 Å². The highest BCUT2D eigenvalue weighted by atomic mass is 16.5. The van der Waals surface area contributed by atoms with Crippen LogP contribution in [0, 0.1) is 0 Å². The van der Waals surface area contributed by atoms with Crippen molar-refractivity contribution in [3.8, 4) is 0 Å². The fourth-order valence-electron chi connectivity index (χ4n) is 1.51. The van der Waals surface area contributed by atoms with Gasteiger partial charge in [0.05, 0.1) is 0 Å². The zero-order chi connectivity index (χ0) is 12.3. The second kappa shape index (κ2) is 4.69. The van der Waals surface area contributed by atoms with Gasteiger partial charge in [0.2, 0.25) is 5.88 Å². The fraction of sp³-hybridized carbons (Fsp3) is 0.167. The lowest BCUT2D eigenvalue weighted by Crippen LogP contribution is -2.26. The third-order valence-electron chi connectivity index (χ3n) is 2.36. The van der Waals surface area contributed by atoms with Crippen LogP contribution in [-0.4, -0.2) is 23.0 Å². The van der Waals surface area contributed by atoms with E-state index in [0.29, 0.717) is 6.54 Å². The first-order valence-corrected chi connectivity index (χ1v) is 5.18. The molecule has 1 heterocycles. The molecule has 5 nitrogen and oxygen atoms in total. The van der Waals surface area contributed by atoms with E-state index in [0.717, 1.165) is 5.56 Å². The van der Waals surface area contributed by atoms with Crippen molar-refractivity contribution in [2.24, 2.45) is 0 Å². The number of aromatic nitrogens is 1. The van der Waals surface area contributed by atoms with Crippen molar-refractivity contribution in [3.05, 3.63) is 47.7 Å². The van der Waals surface area contributed by atoms with Crippen LogP contribution in [0.4, 0.5) is 5.88 Å². The molecule has 2 rings (SSSR count). The summed E-state index contributed by atoms with van der Waals surface area (Å²) in [4.78, 5) is 13.5. The molecule has 0 atom stereocenters. The highest BCUT2D eigenvalue weighted by Gasteiger charge is 2.16. The highest BCUT2D eigenvalue weighted by molar-refractivity contribution is 5.92. The molecule has 2 aromatic rings. The van der Waals surface area contributed by atoms with Gasteiger partial charge in [-0.15, -0.1) is 0 Å². The van der Waals surface area contributed by atoms with Crippen LogP contribution in [0.3, 0.4) is 0 Å². The monoisotopic (exact) mass is 231 g/mol. The molecule has 0 aliphatic rings. The number of carbonyl (C=O) groups excluding carboxylic acids is 1.